The molecular weight excluding hydrogens is 685 g/mol. The van der Waals surface area contributed by atoms with E-state index in [1.54, 1.807) is 5.56 Å². The van der Waals surface area contributed by atoms with Gasteiger partial charge in [0.25, 0.3) is 0 Å². The Morgan fingerprint density at radius 1 is 0.436 bits per heavy atom. The van der Waals surface area contributed by atoms with Gasteiger partial charge in [0.1, 0.15) is 0 Å². The number of fused-ring (bicyclic) bond motifs is 2. The summed E-state index contributed by atoms with van der Waals surface area (Å²) in [5.41, 5.74) is 14.0. The van der Waals surface area contributed by atoms with E-state index in [2.05, 4.69) is 186 Å². The molecule has 4 saturated carbocycles. The van der Waals surface area contributed by atoms with Crippen LogP contribution in [0.2, 0.25) is 0 Å². The van der Waals surface area contributed by atoms with E-state index in [1.807, 2.05) is 11.8 Å². The van der Waals surface area contributed by atoms with E-state index in [4.69, 9.17) is 0 Å². The normalized spacial score (nSPS) is 21.9. The van der Waals surface area contributed by atoms with Crippen molar-refractivity contribution in [3.63, 3.8) is 0 Å². The number of hydrogen-bond donors (Lipinski definition) is 0. The predicted octanol–water partition coefficient (Wildman–Crippen LogP) is 14.9. The van der Waals surface area contributed by atoms with Gasteiger partial charge in [0, 0.05) is 32.5 Å². The van der Waals surface area contributed by atoms with Crippen LogP contribution in [-0.4, -0.2) is 0 Å². The molecule has 4 fully saturated rings. The minimum atomic E-state index is 0.384. The van der Waals surface area contributed by atoms with Gasteiger partial charge in [-0.05, 0) is 168 Å². The van der Waals surface area contributed by atoms with E-state index in [9.17, 15) is 0 Å². The van der Waals surface area contributed by atoms with E-state index in [-0.39, 0.29) is 0 Å². The quantitative estimate of drug-likeness (QED) is 0.161. The molecule has 0 aromatic heterocycles. The molecule has 0 saturated heterocycles. The lowest BCUT2D eigenvalue weighted by atomic mass is 9.48. The van der Waals surface area contributed by atoms with Crippen molar-refractivity contribution in [1.29, 1.82) is 0 Å². The molecule has 268 valence electrons. The van der Waals surface area contributed by atoms with Crippen molar-refractivity contribution in [3.8, 4) is 22.3 Å². The highest BCUT2D eigenvalue weighted by atomic mass is 32.2. The topological polar surface area (TPSA) is 6.48 Å². The molecule has 0 N–H and O–H groups in total. The summed E-state index contributed by atoms with van der Waals surface area (Å²) in [4.78, 5) is 7.40. The van der Waals surface area contributed by atoms with Crippen LogP contribution in [0.1, 0.15) is 44.1 Å². The molecule has 0 amide bonds. The van der Waals surface area contributed by atoms with Crippen LogP contribution in [0.15, 0.2) is 186 Å². The van der Waals surface area contributed by atoms with Crippen LogP contribution in [-0.2, 0) is 5.41 Å². The van der Waals surface area contributed by atoms with Gasteiger partial charge in [-0.3, -0.25) is 0 Å². The summed E-state index contributed by atoms with van der Waals surface area (Å²) >= 11 is 1.85. The van der Waals surface area contributed by atoms with Crippen molar-refractivity contribution in [2.75, 3.05) is 9.80 Å². The molecule has 7 aromatic carbocycles. The highest BCUT2D eigenvalue weighted by molar-refractivity contribution is 7.99. The van der Waals surface area contributed by atoms with Crippen molar-refractivity contribution >= 4 is 45.9 Å². The molecule has 0 radical (unpaired) electrons. The Morgan fingerprint density at radius 3 is 1.45 bits per heavy atom. The molecule has 0 spiro atoms. The fourth-order valence-electron chi connectivity index (χ4n) is 10.9. The average molecular weight is 729 g/mol. The summed E-state index contributed by atoms with van der Waals surface area (Å²) in [6.07, 6.45) is 8.58. The highest BCUT2D eigenvalue weighted by Gasteiger charge is 2.51. The molecule has 0 unspecified atom stereocenters. The molecule has 7 aromatic rings. The third kappa shape index (κ3) is 5.88. The fraction of sp³-hybridized carbons (Fsp3) is 0.192. The maximum Gasteiger partial charge on any atom is 0.0601 e. The van der Waals surface area contributed by atoms with Crippen molar-refractivity contribution in [1.82, 2.24) is 0 Å². The van der Waals surface area contributed by atoms with Gasteiger partial charge in [-0.25, -0.2) is 0 Å². The van der Waals surface area contributed by atoms with Gasteiger partial charge in [0.05, 0.1) is 11.4 Å². The molecule has 12 rings (SSSR count). The van der Waals surface area contributed by atoms with Crippen LogP contribution in [0.25, 0.3) is 22.3 Å². The first-order valence-corrected chi connectivity index (χ1v) is 20.9. The Bertz CT molecular complexity index is 2410. The van der Waals surface area contributed by atoms with Crippen LogP contribution in [0.4, 0.5) is 34.1 Å². The van der Waals surface area contributed by atoms with Crippen LogP contribution in [0.3, 0.4) is 0 Å². The zero-order valence-electron chi connectivity index (χ0n) is 31.0. The van der Waals surface area contributed by atoms with Gasteiger partial charge in [-0.1, -0.05) is 109 Å². The van der Waals surface area contributed by atoms with Gasteiger partial charge in [0.15, 0.2) is 0 Å². The molecule has 5 aliphatic rings. The van der Waals surface area contributed by atoms with E-state index in [0.29, 0.717) is 5.41 Å². The monoisotopic (exact) mass is 728 g/mol. The van der Waals surface area contributed by atoms with E-state index < -0.39 is 0 Å². The molecule has 0 atom stereocenters. The second-order valence-electron chi connectivity index (χ2n) is 16.5. The standard InChI is InChI=1S/C52H44N2S/c1-2-9-39(10-3-1)41-11-8-12-42(32-41)40-17-21-44(22-18-40)53(45-23-19-43(20-24-45)52-33-36-29-37(34-52)31-38(30-36)35-52)46-25-27-47(28-26-46)54-48-13-4-6-15-50(48)55-51-16-7-5-14-49(51)54/h1-28,32,36-38H,29-31,33-35H2. The Kier molecular flexibility index (Phi) is 7.98. The lowest BCUT2D eigenvalue weighted by Gasteiger charge is -2.57. The lowest BCUT2D eigenvalue weighted by molar-refractivity contribution is -0.00518. The molecular formula is C52H44N2S. The Hall–Kier alpha value is -5.51. The molecule has 1 heterocycles. The van der Waals surface area contributed by atoms with Gasteiger partial charge >= 0.3 is 0 Å². The molecule has 2 nitrogen and oxygen atoms in total. The zero-order chi connectivity index (χ0) is 36.3. The van der Waals surface area contributed by atoms with Gasteiger partial charge < -0.3 is 9.80 Å². The summed E-state index contributed by atoms with van der Waals surface area (Å²) in [5.74, 6) is 2.81. The first kappa shape index (κ1) is 32.9. The molecule has 55 heavy (non-hydrogen) atoms. The Labute approximate surface area is 329 Å². The summed E-state index contributed by atoms with van der Waals surface area (Å²) in [7, 11) is 0. The second kappa shape index (κ2) is 13.4. The van der Waals surface area contributed by atoms with Crippen LogP contribution in [0, 0.1) is 17.8 Å². The summed E-state index contributed by atoms with van der Waals surface area (Å²) in [6.45, 7) is 0. The number of rotatable bonds is 7. The summed E-state index contributed by atoms with van der Waals surface area (Å²) < 4.78 is 0. The number of para-hydroxylation sites is 2. The van der Waals surface area contributed by atoms with Crippen LogP contribution in [0.5, 0.6) is 0 Å². The largest absolute Gasteiger partial charge is 0.311 e. The van der Waals surface area contributed by atoms with E-state index in [0.717, 1.165) is 34.8 Å². The van der Waals surface area contributed by atoms with Crippen molar-refractivity contribution in [2.24, 2.45) is 17.8 Å². The smallest absolute Gasteiger partial charge is 0.0601 e. The molecule has 4 bridgehead atoms. The van der Waals surface area contributed by atoms with Crippen LogP contribution < -0.4 is 9.80 Å². The maximum absolute atomic E-state index is 2.48. The number of hydrogen-bond acceptors (Lipinski definition) is 3. The number of benzene rings is 7. The first-order chi connectivity index (χ1) is 27.2. The summed E-state index contributed by atoms with van der Waals surface area (Å²) in [6, 6.07) is 65.1. The molecule has 1 aliphatic heterocycles. The highest BCUT2D eigenvalue weighted by Crippen LogP contribution is 2.61. The number of nitrogens with zero attached hydrogens (tertiary/aromatic N) is 2. The van der Waals surface area contributed by atoms with Crippen molar-refractivity contribution in [3.05, 3.63) is 181 Å². The van der Waals surface area contributed by atoms with Crippen LogP contribution >= 0.6 is 11.8 Å². The SMILES string of the molecule is c1ccc(-c2cccc(-c3ccc(N(c4ccc(N5c6ccccc6Sc6ccccc65)cc4)c4ccc(C56CC7CC(CC(C7)C5)C6)cc4)cc3)c2)cc1. The van der Waals surface area contributed by atoms with Gasteiger partial charge in [0.2, 0.25) is 0 Å². The minimum Gasteiger partial charge on any atom is -0.311 e. The predicted molar refractivity (Wildman–Crippen MR) is 231 cm³/mol. The molecule has 4 aliphatic carbocycles. The average Bonchev–Trinajstić information content (AvgIpc) is 3.24. The third-order valence-electron chi connectivity index (χ3n) is 13.0. The minimum absolute atomic E-state index is 0.384. The fourth-order valence-corrected chi connectivity index (χ4v) is 12.0. The number of anilines is 6. The summed E-state index contributed by atoms with van der Waals surface area (Å²) in [5, 5.41) is 0. The van der Waals surface area contributed by atoms with E-state index >= 15 is 0 Å². The third-order valence-corrected chi connectivity index (χ3v) is 14.1. The Balaban J connectivity index is 0.963. The first-order valence-electron chi connectivity index (χ1n) is 20.1. The maximum atomic E-state index is 2.48. The Morgan fingerprint density at radius 2 is 0.891 bits per heavy atom. The van der Waals surface area contributed by atoms with Gasteiger partial charge in [-0.2, -0.15) is 0 Å². The lowest BCUT2D eigenvalue weighted by Crippen LogP contribution is -2.48. The van der Waals surface area contributed by atoms with Crippen molar-refractivity contribution in [2.45, 2.75) is 53.7 Å². The van der Waals surface area contributed by atoms with Crippen molar-refractivity contribution < 1.29 is 0 Å². The van der Waals surface area contributed by atoms with Gasteiger partial charge in [-0.15, -0.1) is 0 Å². The zero-order valence-corrected chi connectivity index (χ0v) is 31.8. The second-order valence-corrected chi connectivity index (χ2v) is 17.5. The van der Waals surface area contributed by atoms with E-state index in [1.165, 1.54) is 87.6 Å². The molecule has 3 heteroatoms.